The van der Waals surface area contributed by atoms with E-state index in [0.29, 0.717) is 6.04 Å². The molecule has 19 heavy (non-hydrogen) atoms. The van der Waals surface area contributed by atoms with E-state index in [1.807, 2.05) is 18.2 Å². The zero-order valence-electron chi connectivity index (χ0n) is 11.1. The van der Waals surface area contributed by atoms with Crippen LogP contribution in [0.4, 0.5) is 4.39 Å². The molecule has 0 bridgehead atoms. The zero-order chi connectivity index (χ0) is 13.7. The van der Waals surface area contributed by atoms with E-state index in [4.69, 9.17) is 0 Å². The van der Waals surface area contributed by atoms with Crippen LogP contribution in [0.15, 0.2) is 52.5 Å². The number of aromatic nitrogens is 1. The number of nitrogens with zero attached hydrogens (tertiary/aromatic N) is 1. The number of nitrogens with one attached hydrogen (secondary N) is 1. The summed E-state index contributed by atoms with van der Waals surface area (Å²) in [5.41, 5.74) is 1.13. The van der Waals surface area contributed by atoms with Gasteiger partial charge in [0.15, 0.2) is 0 Å². The highest BCUT2D eigenvalue weighted by atomic mass is 32.2. The van der Waals surface area contributed by atoms with E-state index in [1.54, 1.807) is 12.3 Å². The standard InChI is InChI=1S/C15H17FN2S/c1-11(2)18-10-12-5-4-8-17-15(12)19-14-7-3-6-13(16)9-14/h3-9,11,18H,10H2,1-2H3. The molecule has 0 aliphatic heterocycles. The Bertz CT molecular complexity index is 543. The van der Waals surface area contributed by atoms with E-state index < -0.39 is 0 Å². The van der Waals surface area contributed by atoms with Crippen LogP contribution in [0.1, 0.15) is 19.4 Å². The first-order chi connectivity index (χ1) is 9.15. The normalized spacial score (nSPS) is 10.9. The Morgan fingerprint density at radius 3 is 2.84 bits per heavy atom. The van der Waals surface area contributed by atoms with Gasteiger partial charge in [-0.3, -0.25) is 0 Å². The minimum atomic E-state index is -0.220. The molecular formula is C15H17FN2S. The highest BCUT2D eigenvalue weighted by Crippen LogP contribution is 2.28. The molecule has 0 saturated carbocycles. The van der Waals surface area contributed by atoms with Gasteiger partial charge in [-0.05, 0) is 29.8 Å². The first-order valence-corrected chi connectivity index (χ1v) is 7.07. The van der Waals surface area contributed by atoms with Crippen LogP contribution in [0.3, 0.4) is 0 Å². The van der Waals surface area contributed by atoms with Crippen molar-refractivity contribution in [3.05, 3.63) is 54.0 Å². The zero-order valence-corrected chi connectivity index (χ0v) is 11.9. The molecule has 1 aromatic carbocycles. The van der Waals surface area contributed by atoms with Crippen molar-refractivity contribution in [2.45, 2.75) is 36.4 Å². The van der Waals surface area contributed by atoms with Gasteiger partial charge in [0.05, 0.1) is 0 Å². The fraction of sp³-hybridized carbons (Fsp3) is 0.267. The van der Waals surface area contributed by atoms with Gasteiger partial charge in [0, 0.05) is 23.7 Å². The predicted molar refractivity (Wildman–Crippen MR) is 76.7 cm³/mol. The van der Waals surface area contributed by atoms with Gasteiger partial charge in [0.2, 0.25) is 0 Å². The summed E-state index contributed by atoms with van der Waals surface area (Å²) in [6, 6.07) is 11.0. The minimum absolute atomic E-state index is 0.220. The second-order valence-electron chi connectivity index (χ2n) is 4.56. The molecule has 0 radical (unpaired) electrons. The average molecular weight is 276 g/mol. The summed E-state index contributed by atoms with van der Waals surface area (Å²) >= 11 is 1.49. The van der Waals surface area contributed by atoms with Crippen molar-refractivity contribution < 1.29 is 4.39 Å². The summed E-state index contributed by atoms with van der Waals surface area (Å²) in [5.74, 6) is -0.220. The van der Waals surface area contributed by atoms with Crippen molar-refractivity contribution in [3.8, 4) is 0 Å². The smallest absolute Gasteiger partial charge is 0.124 e. The van der Waals surface area contributed by atoms with Crippen LogP contribution in [-0.4, -0.2) is 11.0 Å². The Kier molecular flexibility index (Phi) is 4.93. The van der Waals surface area contributed by atoms with Crippen molar-refractivity contribution in [3.63, 3.8) is 0 Å². The first-order valence-electron chi connectivity index (χ1n) is 6.26. The lowest BCUT2D eigenvalue weighted by atomic mass is 10.2. The van der Waals surface area contributed by atoms with Crippen LogP contribution in [-0.2, 0) is 6.54 Å². The summed E-state index contributed by atoms with van der Waals surface area (Å²) in [6.07, 6.45) is 1.76. The maximum absolute atomic E-state index is 13.2. The van der Waals surface area contributed by atoms with E-state index in [-0.39, 0.29) is 5.82 Å². The molecule has 100 valence electrons. The molecule has 4 heteroatoms. The maximum Gasteiger partial charge on any atom is 0.124 e. The van der Waals surface area contributed by atoms with Crippen molar-refractivity contribution in [2.24, 2.45) is 0 Å². The van der Waals surface area contributed by atoms with Crippen LogP contribution >= 0.6 is 11.8 Å². The van der Waals surface area contributed by atoms with Crippen molar-refractivity contribution in [2.75, 3.05) is 0 Å². The third kappa shape index (κ3) is 4.33. The summed E-state index contributed by atoms with van der Waals surface area (Å²) < 4.78 is 13.2. The lowest BCUT2D eigenvalue weighted by molar-refractivity contribution is 0.582. The molecule has 1 N–H and O–H groups in total. The molecule has 2 aromatic rings. The van der Waals surface area contributed by atoms with Gasteiger partial charge in [-0.1, -0.05) is 37.7 Å². The summed E-state index contributed by atoms with van der Waals surface area (Å²) in [7, 11) is 0. The largest absolute Gasteiger partial charge is 0.310 e. The van der Waals surface area contributed by atoms with Crippen LogP contribution in [0.2, 0.25) is 0 Å². The van der Waals surface area contributed by atoms with E-state index in [2.05, 4.69) is 24.1 Å². The topological polar surface area (TPSA) is 24.9 Å². The van der Waals surface area contributed by atoms with Crippen molar-refractivity contribution in [1.29, 1.82) is 0 Å². The SMILES string of the molecule is CC(C)NCc1cccnc1Sc1cccc(F)c1. The lowest BCUT2D eigenvalue weighted by Gasteiger charge is -2.11. The van der Waals surface area contributed by atoms with E-state index >= 15 is 0 Å². The Morgan fingerprint density at radius 2 is 2.11 bits per heavy atom. The molecule has 0 atom stereocenters. The Balaban J connectivity index is 2.15. The fourth-order valence-electron chi connectivity index (χ4n) is 1.61. The Labute approximate surface area is 117 Å². The monoisotopic (exact) mass is 276 g/mol. The maximum atomic E-state index is 13.2. The molecule has 1 aromatic heterocycles. The summed E-state index contributed by atoms with van der Waals surface area (Å²) in [5, 5.41) is 4.29. The number of rotatable bonds is 5. The number of halogens is 1. The van der Waals surface area contributed by atoms with Crippen LogP contribution < -0.4 is 5.32 Å². The molecule has 0 saturated heterocycles. The number of pyridine rings is 1. The quantitative estimate of drug-likeness (QED) is 0.897. The Morgan fingerprint density at radius 1 is 1.26 bits per heavy atom. The van der Waals surface area contributed by atoms with Gasteiger partial charge in [-0.2, -0.15) is 0 Å². The average Bonchev–Trinajstić information content (AvgIpc) is 2.38. The first kappa shape index (κ1) is 14.0. The predicted octanol–water partition coefficient (Wildman–Crippen LogP) is 3.87. The van der Waals surface area contributed by atoms with Gasteiger partial charge in [-0.25, -0.2) is 9.37 Å². The van der Waals surface area contributed by atoms with Gasteiger partial charge in [-0.15, -0.1) is 0 Å². The fourth-order valence-corrected chi connectivity index (χ4v) is 2.53. The molecule has 0 aliphatic carbocycles. The number of benzene rings is 1. The summed E-state index contributed by atoms with van der Waals surface area (Å²) in [6.45, 7) is 4.98. The molecule has 0 fully saturated rings. The van der Waals surface area contributed by atoms with Gasteiger partial charge < -0.3 is 5.32 Å². The molecule has 2 nitrogen and oxygen atoms in total. The van der Waals surface area contributed by atoms with Gasteiger partial charge in [0.25, 0.3) is 0 Å². The lowest BCUT2D eigenvalue weighted by Crippen LogP contribution is -2.22. The van der Waals surface area contributed by atoms with E-state index in [1.165, 1.54) is 23.9 Å². The second-order valence-corrected chi connectivity index (χ2v) is 5.62. The van der Waals surface area contributed by atoms with Crippen LogP contribution in [0.5, 0.6) is 0 Å². The highest BCUT2D eigenvalue weighted by Gasteiger charge is 2.06. The number of hydrogen-bond donors (Lipinski definition) is 1. The van der Waals surface area contributed by atoms with Crippen LogP contribution in [0, 0.1) is 5.82 Å². The molecule has 0 unspecified atom stereocenters. The summed E-state index contributed by atoms with van der Waals surface area (Å²) in [4.78, 5) is 5.25. The molecule has 0 spiro atoms. The Hall–Kier alpha value is -1.39. The second kappa shape index (κ2) is 6.68. The molecule has 2 rings (SSSR count). The third-order valence-corrected chi connectivity index (χ3v) is 3.61. The highest BCUT2D eigenvalue weighted by molar-refractivity contribution is 7.99. The van der Waals surface area contributed by atoms with Gasteiger partial charge in [0.1, 0.15) is 10.8 Å². The minimum Gasteiger partial charge on any atom is -0.310 e. The van der Waals surface area contributed by atoms with E-state index in [9.17, 15) is 4.39 Å². The number of hydrogen-bond acceptors (Lipinski definition) is 3. The third-order valence-electron chi connectivity index (χ3n) is 2.56. The van der Waals surface area contributed by atoms with Crippen LogP contribution in [0.25, 0.3) is 0 Å². The molecule has 0 amide bonds. The van der Waals surface area contributed by atoms with Crippen molar-refractivity contribution >= 4 is 11.8 Å². The molecular weight excluding hydrogens is 259 g/mol. The molecule has 1 heterocycles. The van der Waals surface area contributed by atoms with Gasteiger partial charge >= 0.3 is 0 Å². The molecule has 0 aliphatic rings. The van der Waals surface area contributed by atoms with Crippen molar-refractivity contribution in [1.82, 2.24) is 10.3 Å². The van der Waals surface area contributed by atoms with E-state index in [0.717, 1.165) is 22.0 Å².